The van der Waals surface area contributed by atoms with E-state index in [1.807, 2.05) is 0 Å². The molecule has 7 heteroatoms. The van der Waals surface area contributed by atoms with Crippen LogP contribution in [-0.2, 0) is 0 Å². The number of anilines is 2. The van der Waals surface area contributed by atoms with Crippen molar-refractivity contribution in [1.29, 1.82) is 0 Å². The van der Waals surface area contributed by atoms with Crippen molar-refractivity contribution < 1.29 is 17.9 Å². The highest BCUT2D eigenvalue weighted by molar-refractivity contribution is 5.68. The summed E-state index contributed by atoms with van der Waals surface area (Å²) in [6, 6.07) is 1.99. The van der Waals surface area contributed by atoms with Gasteiger partial charge in [-0.25, -0.2) is 4.39 Å². The van der Waals surface area contributed by atoms with Gasteiger partial charge in [0.15, 0.2) is 11.6 Å². The molecular formula is C9H12F3N3O. The lowest BCUT2D eigenvalue weighted by Gasteiger charge is -2.12. The maximum absolute atomic E-state index is 13.1. The Kier molecular flexibility index (Phi) is 4.24. The maximum atomic E-state index is 13.1. The van der Waals surface area contributed by atoms with Gasteiger partial charge in [-0.3, -0.25) is 0 Å². The lowest BCUT2D eigenvalue weighted by Crippen LogP contribution is -2.14. The highest BCUT2D eigenvalue weighted by Crippen LogP contribution is 2.28. The Hall–Kier alpha value is -1.63. The van der Waals surface area contributed by atoms with Gasteiger partial charge in [-0.05, 0) is 0 Å². The van der Waals surface area contributed by atoms with Crippen LogP contribution in [0.2, 0.25) is 0 Å². The lowest BCUT2D eigenvalue weighted by atomic mass is 10.2. The predicted molar refractivity (Wildman–Crippen MR) is 55.0 cm³/mol. The molecule has 0 saturated carbocycles. The van der Waals surface area contributed by atoms with Crippen molar-refractivity contribution in [2.75, 3.05) is 24.1 Å². The third-order valence-corrected chi connectivity index (χ3v) is 1.78. The summed E-state index contributed by atoms with van der Waals surface area (Å²) in [5, 5.41) is 2.76. The van der Waals surface area contributed by atoms with Gasteiger partial charge in [-0.15, -0.1) is 0 Å². The van der Waals surface area contributed by atoms with Crippen LogP contribution in [-0.4, -0.2) is 19.7 Å². The van der Waals surface area contributed by atoms with Crippen molar-refractivity contribution in [3.05, 3.63) is 17.9 Å². The van der Waals surface area contributed by atoms with E-state index in [-0.39, 0.29) is 5.69 Å². The molecule has 0 bridgehead atoms. The van der Waals surface area contributed by atoms with Gasteiger partial charge in [-0.2, -0.15) is 8.78 Å². The van der Waals surface area contributed by atoms with E-state index in [1.165, 1.54) is 0 Å². The molecule has 0 spiro atoms. The van der Waals surface area contributed by atoms with Crippen LogP contribution >= 0.6 is 0 Å². The normalized spacial score (nSPS) is 10.6. The second-order valence-electron chi connectivity index (χ2n) is 2.96. The molecule has 0 unspecified atom stereocenters. The van der Waals surface area contributed by atoms with Crippen molar-refractivity contribution in [3.63, 3.8) is 0 Å². The highest BCUT2D eigenvalue weighted by Gasteiger charge is 2.12. The number of benzene rings is 1. The van der Waals surface area contributed by atoms with Gasteiger partial charge in [0.25, 0.3) is 0 Å². The third kappa shape index (κ3) is 3.20. The number of nitrogen functional groups attached to an aromatic ring is 1. The number of halogens is 3. The molecule has 1 aromatic carbocycles. The molecule has 1 aromatic rings. The number of ether oxygens (including phenoxy) is 1. The molecule has 0 aliphatic heterocycles. The fourth-order valence-corrected chi connectivity index (χ4v) is 1.11. The molecule has 1 rings (SSSR count). The van der Waals surface area contributed by atoms with Crippen LogP contribution in [0, 0.1) is 5.82 Å². The molecule has 0 fully saturated rings. The first-order valence-corrected chi connectivity index (χ1v) is 4.52. The van der Waals surface area contributed by atoms with Crippen LogP contribution in [0.1, 0.15) is 0 Å². The Bertz CT molecular complexity index is 360. The summed E-state index contributed by atoms with van der Waals surface area (Å²) in [5.74, 6) is -1.49. The Balaban J connectivity index is 2.92. The van der Waals surface area contributed by atoms with Gasteiger partial charge in [0, 0.05) is 25.2 Å². The molecular weight excluding hydrogens is 223 g/mol. The molecule has 16 heavy (non-hydrogen) atoms. The largest absolute Gasteiger partial charge is 0.432 e. The molecule has 0 amide bonds. The summed E-state index contributed by atoms with van der Waals surface area (Å²) in [4.78, 5) is 0. The first kappa shape index (κ1) is 12.4. The minimum Gasteiger partial charge on any atom is -0.432 e. The molecule has 0 radical (unpaired) electrons. The number of rotatable bonds is 5. The zero-order valence-corrected chi connectivity index (χ0v) is 8.34. The number of hydrogen-bond donors (Lipinski definition) is 3. The van der Waals surface area contributed by atoms with Gasteiger partial charge >= 0.3 is 6.61 Å². The van der Waals surface area contributed by atoms with Crippen LogP contribution in [0.5, 0.6) is 5.75 Å². The Labute approximate surface area is 90.4 Å². The van der Waals surface area contributed by atoms with Gasteiger partial charge in [-0.1, -0.05) is 0 Å². The number of nitrogens with one attached hydrogen (secondary N) is 1. The summed E-state index contributed by atoms with van der Waals surface area (Å²) in [7, 11) is 0. The molecule has 0 aliphatic carbocycles. The standard InChI is InChI=1S/C9H12F3N3O/c10-5-3-6(14)7(15-2-1-13)4-8(5)16-9(11)12/h3-4,9,15H,1-2,13-14H2. The van der Waals surface area contributed by atoms with Crippen LogP contribution in [0.15, 0.2) is 12.1 Å². The van der Waals surface area contributed by atoms with Crippen molar-refractivity contribution in [3.8, 4) is 5.75 Å². The maximum Gasteiger partial charge on any atom is 0.387 e. The number of hydrogen-bond acceptors (Lipinski definition) is 4. The van der Waals surface area contributed by atoms with Crippen LogP contribution in [0.3, 0.4) is 0 Å². The summed E-state index contributed by atoms with van der Waals surface area (Å²) in [6.45, 7) is -2.35. The van der Waals surface area contributed by atoms with Crippen LogP contribution < -0.4 is 21.5 Å². The minimum absolute atomic E-state index is 0.104. The molecule has 0 saturated heterocycles. The zero-order chi connectivity index (χ0) is 12.1. The second-order valence-corrected chi connectivity index (χ2v) is 2.96. The summed E-state index contributed by atoms with van der Waals surface area (Å²) in [5.41, 5.74) is 11.1. The topological polar surface area (TPSA) is 73.3 Å². The molecule has 0 heterocycles. The van der Waals surface area contributed by atoms with Crippen molar-refractivity contribution in [1.82, 2.24) is 0 Å². The van der Waals surface area contributed by atoms with Gasteiger partial charge < -0.3 is 21.5 Å². The van der Waals surface area contributed by atoms with E-state index >= 15 is 0 Å². The average molecular weight is 235 g/mol. The van der Waals surface area contributed by atoms with E-state index in [1.54, 1.807) is 0 Å². The summed E-state index contributed by atoms with van der Waals surface area (Å²) in [6.07, 6.45) is 0. The van der Waals surface area contributed by atoms with E-state index < -0.39 is 18.2 Å². The molecule has 4 nitrogen and oxygen atoms in total. The fourth-order valence-electron chi connectivity index (χ4n) is 1.11. The first-order chi connectivity index (χ1) is 7.54. The third-order valence-electron chi connectivity index (χ3n) is 1.78. The number of nitrogens with two attached hydrogens (primary N) is 2. The van der Waals surface area contributed by atoms with Crippen molar-refractivity contribution in [2.24, 2.45) is 5.73 Å². The van der Waals surface area contributed by atoms with Gasteiger partial charge in [0.05, 0.1) is 11.4 Å². The van der Waals surface area contributed by atoms with Gasteiger partial charge in [0.1, 0.15) is 0 Å². The Morgan fingerprint density at radius 2 is 2.06 bits per heavy atom. The highest BCUT2D eigenvalue weighted by atomic mass is 19.3. The fraction of sp³-hybridized carbons (Fsp3) is 0.333. The quantitative estimate of drug-likeness (QED) is 0.674. The number of alkyl halides is 2. The van der Waals surface area contributed by atoms with Crippen molar-refractivity contribution >= 4 is 11.4 Å². The van der Waals surface area contributed by atoms with E-state index in [0.29, 0.717) is 18.8 Å². The summed E-state index contributed by atoms with van der Waals surface area (Å²) >= 11 is 0. The van der Waals surface area contributed by atoms with Crippen LogP contribution in [0.25, 0.3) is 0 Å². The summed E-state index contributed by atoms with van der Waals surface area (Å²) < 4.78 is 41.0. The van der Waals surface area contributed by atoms with Crippen LogP contribution in [0.4, 0.5) is 24.5 Å². The zero-order valence-electron chi connectivity index (χ0n) is 8.34. The first-order valence-electron chi connectivity index (χ1n) is 4.52. The van der Waals surface area contributed by atoms with E-state index in [0.717, 1.165) is 12.1 Å². The Morgan fingerprint density at radius 1 is 1.38 bits per heavy atom. The monoisotopic (exact) mass is 235 g/mol. The van der Waals surface area contributed by atoms with Gasteiger partial charge in [0.2, 0.25) is 0 Å². The predicted octanol–water partition coefficient (Wildman–Crippen LogP) is 1.38. The second kappa shape index (κ2) is 5.45. The van der Waals surface area contributed by atoms with E-state index in [4.69, 9.17) is 11.5 Å². The van der Waals surface area contributed by atoms with Crippen molar-refractivity contribution in [2.45, 2.75) is 6.61 Å². The molecule has 0 atom stereocenters. The molecule has 90 valence electrons. The minimum atomic E-state index is -3.08. The van der Waals surface area contributed by atoms with E-state index in [2.05, 4.69) is 10.1 Å². The molecule has 5 N–H and O–H groups in total. The molecule has 0 aliphatic rings. The lowest BCUT2D eigenvalue weighted by molar-refractivity contribution is -0.0521. The Morgan fingerprint density at radius 3 is 2.62 bits per heavy atom. The molecule has 0 aromatic heterocycles. The smallest absolute Gasteiger partial charge is 0.387 e. The average Bonchev–Trinajstić information content (AvgIpc) is 2.20. The van der Waals surface area contributed by atoms with E-state index in [9.17, 15) is 13.2 Å². The SMILES string of the molecule is NCCNc1cc(OC(F)F)c(F)cc1N.